The van der Waals surface area contributed by atoms with Crippen molar-refractivity contribution in [2.45, 2.75) is 70.8 Å². The zero-order valence-electron chi connectivity index (χ0n) is 11.9. The molecule has 0 radical (unpaired) electrons. The Kier molecular flexibility index (Phi) is 4.00. The molecule has 0 heterocycles. The van der Waals surface area contributed by atoms with E-state index in [1.54, 1.807) is 0 Å². The second-order valence-electron chi connectivity index (χ2n) is 6.73. The van der Waals surface area contributed by atoms with Crippen LogP contribution >= 0.6 is 0 Å². The third-order valence-corrected chi connectivity index (χ3v) is 5.37. The minimum Gasteiger partial charge on any atom is -0.355 e. The van der Waals surface area contributed by atoms with E-state index in [4.69, 9.17) is 5.73 Å². The van der Waals surface area contributed by atoms with Crippen LogP contribution in [-0.4, -0.2) is 18.0 Å². The maximum atomic E-state index is 12.3. The molecule has 18 heavy (non-hydrogen) atoms. The molecule has 3 heteroatoms. The lowest BCUT2D eigenvalue weighted by molar-refractivity contribution is -0.129. The van der Waals surface area contributed by atoms with Crippen LogP contribution in [0, 0.1) is 11.3 Å². The molecular weight excluding hydrogens is 224 g/mol. The molecule has 2 saturated carbocycles. The predicted molar refractivity (Wildman–Crippen MR) is 74.1 cm³/mol. The maximum Gasteiger partial charge on any atom is 0.224 e. The Morgan fingerprint density at radius 3 is 2.50 bits per heavy atom. The van der Waals surface area contributed by atoms with Crippen LogP contribution in [-0.2, 0) is 4.79 Å². The van der Waals surface area contributed by atoms with E-state index in [9.17, 15) is 4.79 Å². The maximum absolute atomic E-state index is 12.3. The molecule has 2 aliphatic carbocycles. The Morgan fingerprint density at radius 1 is 1.28 bits per heavy atom. The topological polar surface area (TPSA) is 55.1 Å². The average Bonchev–Trinajstić information content (AvgIpc) is 2.27. The van der Waals surface area contributed by atoms with Gasteiger partial charge in [0, 0.05) is 12.1 Å². The van der Waals surface area contributed by atoms with Crippen molar-refractivity contribution >= 4 is 5.91 Å². The van der Waals surface area contributed by atoms with Crippen molar-refractivity contribution in [1.29, 1.82) is 0 Å². The molecule has 0 spiro atoms. The van der Waals surface area contributed by atoms with Crippen molar-refractivity contribution < 1.29 is 4.79 Å². The lowest BCUT2D eigenvalue weighted by atomic mass is 9.67. The van der Waals surface area contributed by atoms with Gasteiger partial charge < -0.3 is 11.1 Å². The highest BCUT2D eigenvalue weighted by Crippen LogP contribution is 2.43. The van der Waals surface area contributed by atoms with Crippen molar-refractivity contribution in [3.63, 3.8) is 0 Å². The van der Waals surface area contributed by atoms with E-state index in [0.717, 1.165) is 32.2 Å². The summed E-state index contributed by atoms with van der Waals surface area (Å²) in [5, 5.41) is 3.18. The summed E-state index contributed by atoms with van der Waals surface area (Å²) in [5.74, 6) is 0.208. The summed E-state index contributed by atoms with van der Waals surface area (Å²) in [6.45, 7) is 5.13. The Labute approximate surface area is 111 Å². The zero-order valence-corrected chi connectivity index (χ0v) is 11.9. The molecule has 0 saturated heterocycles. The van der Waals surface area contributed by atoms with Crippen LogP contribution in [0.25, 0.3) is 0 Å². The Bertz CT molecular complexity index is 302. The fourth-order valence-electron chi connectivity index (χ4n) is 3.52. The van der Waals surface area contributed by atoms with Gasteiger partial charge in [-0.05, 0) is 44.4 Å². The molecular formula is C15H28N2O. The molecule has 1 amide bonds. The van der Waals surface area contributed by atoms with Crippen LogP contribution in [0.4, 0.5) is 0 Å². The van der Waals surface area contributed by atoms with E-state index in [1.807, 2.05) is 6.92 Å². The molecule has 2 atom stereocenters. The van der Waals surface area contributed by atoms with Crippen molar-refractivity contribution in [1.82, 2.24) is 5.32 Å². The SMILES string of the molecule is CCC1(CNC(=O)C2CCCCC2(C)N)CCC1. The summed E-state index contributed by atoms with van der Waals surface area (Å²) in [6, 6.07) is 0. The summed E-state index contributed by atoms with van der Waals surface area (Å²) in [6.07, 6.45) is 9.28. The van der Waals surface area contributed by atoms with Crippen molar-refractivity contribution in [3.05, 3.63) is 0 Å². The molecule has 0 aromatic carbocycles. The number of amides is 1. The van der Waals surface area contributed by atoms with E-state index in [1.165, 1.54) is 25.7 Å². The third-order valence-electron chi connectivity index (χ3n) is 5.37. The first-order valence-electron chi connectivity index (χ1n) is 7.56. The lowest BCUT2D eigenvalue weighted by Gasteiger charge is -2.43. The number of hydrogen-bond donors (Lipinski definition) is 2. The monoisotopic (exact) mass is 252 g/mol. The molecule has 0 bridgehead atoms. The van der Waals surface area contributed by atoms with Gasteiger partial charge in [0.15, 0.2) is 0 Å². The Balaban J connectivity index is 1.87. The fraction of sp³-hybridized carbons (Fsp3) is 0.933. The Hall–Kier alpha value is -0.570. The van der Waals surface area contributed by atoms with Crippen molar-refractivity contribution in [2.75, 3.05) is 6.54 Å². The van der Waals surface area contributed by atoms with Gasteiger partial charge >= 0.3 is 0 Å². The minimum absolute atomic E-state index is 0.0141. The second kappa shape index (κ2) is 5.20. The largest absolute Gasteiger partial charge is 0.355 e. The quantitative estimate of drug-likeness (QED) is 0.808. The van der Waals surface area contributed by atoms with Gasteiger partial charge in [-0.2, -0.15) is 0 Å². The molecule has 2 aliphatic rings. The predicted octanol–water partition coefficient (Wildman–Crippen LogP) is 2.59. The number of hydrogen-bond acceptors (Lipinski definition) is 2. The van der Waals surface area contributed by atoms with Crippen LogP contribution in [0.3, 0.4) is 0 Å². The van der Waals surface area contributed by atoms with E-state index in [-0.39, 0.29) is 17.4 Å². The molecule has 3 nitrogen and oxygen atoms in total. The first-order valence-corrected chi connectivity index (χ1v) is 7.56. The van der Waals surface area contributed by atoms with Crippen LogP contribution < -0.4 is 11.1 Å². The number of nitrogens with two attached hydrogens (primary N) is 1. The normalized spacial score (nSPS) is 34.7. The lowest BCUT2D eigenvalue weighted by Crippen LogP contribution is -2.54. The highest BCUT2D eigenvalue weighted by atomic mass is 16.1. The van der Waals surface area contributed by atoms with Crippen LogP contribution in [0.1, 0.15) is 65.2 Å². The molecule has 104 valence electrons. The smallest absolute Gasteiger partial charge is 0.224 e. The summed E-state index contributed by atoms with van der Waals surface area (Å²) in [4.78, 5) is 12.3. The molecule has 2 fully saturated rings. The first kappa shape index (κ1) is 13.9. The highest BCUT2D eigenvalue weighted by molar-refractivity contribution is 5.80. The zero-order chi connectivity index (χ0) is 13.2. The van der Waals surface area contributed by atoms with E-state index >= 15 is 0 Å². The van der Waals surface area contributed by atoms with Gasteiger partial charge in [0.2, 0.25) is 5.91 Å². The first-order chi connectivity index (χ1) is 8.49. The number of nitrogens with one attached hydrogen (secondary N) is 1. The van der Waals surface area contributed by atoms with Gasteiger partial charge in [-0.15, -0.1) is 0 Å². The molecule has 2 rings (SSSR count). The summed E-state index contributed by atoms with van der Waals surface area (Å²) in [5.41, 5.74) is 6.37. The van der Waals surface area contributed by atoms with Gasteiger partial charge in [-0.1, -0.05) is 26.2 Å². The number of carbonyl (C=O) groups excluding carboxylic acids is 1. The molecule has 0 aliphatic heterocycles. The van der Waals surface area contributed by atoms with Gasteiger partial charge in [0.25, 0.3) is 0 Å². The van der Waals surface area contributed by atoms with Crippen LogP contribution in [0.2, 0.25) is 0 Å². The van der Waals surface area contributed by atoms with Crippen molar-refractivity contribution in [2.24, 2.45) is 17.1 Å². The summed E-state index contributed by atoms with van der Waals surface area (Å²) >= 11 is 0. The van der Waals surface area contributed by atoms with Crippen molar-refractivity contribution in [3.8, 4) is 0 Å². The molecule has 3 N–H and O–H groups in total. The highest BCUT2D eigenvalue weighted by Gasteiger charge is 2.40. The molecule has 0 aromatic rings. The van der Waals surface area contributed by atoms with Gasteiger partial charge in [0.05, 0.1) is 5.92 Å². The second-order valence-corrected chi connectivity index (χ2v) is 6.73. The summed E-state index contributed by atoms with van der Waals surface area (Å²) in [7, 11) is 0. The van der Waals surface area contributed by atoms with E-state index in [0.29, 0.717) is 5.41 Å². The van der Waals surface area contributed by atoms with Gasteiger partial charge in [0.1, 0.15) is 0 Å². The standard InChI is InChI=1S/C15H28N2O/c1-3-15(9-6-10-15)11-17-13(18)12-7-4-5-8-14(12,2)16/h12H,3-11,16H2,1-2H3,(H,17,18). The molecule has 2 unspecified atom stereocenters. The van der Waals surface area contributed by atoms with Crippen LogP contribution in [0.15, 0.2) is 0 Å². The third kappa shape index (κ3) is 2.71. The average molecular weight is 252 g/mol. The number of rotatable bonds is 4. The Morgan fingerprint density at radius 2 is 2.00 bits per heavy atom. The van der Waals surface area contributed by atoms with E-state index < -0.39 is 0 Å². The number of carbonyl (C=O) groups is 1. The fourth-order valence-corrected chi connectivity index (χ4v) is 3.52. The van der Waals surface area contributed by atoms with Crippen LogP contribution in [0.5, 0.6) is 0 Å². The van der Waals surface area contributed by atoms with E-state index in [2.05, 4.69) is 12.2 Å². The summed E-state index contributed by atoms with van der Waals surface area (Å²) < 4.78 is 0. The molecule has 0 aromatic heterocycles. The van der Waals surface area contributed by atoms with Gasteiger partial charge in [-0.25, -0.2) is 0 Å². The minimum atomic E-state index is -0.304. The van der Waals surface area contributed by atoms with Gasteiger partial charge in [-0.3, -0.25) is 4.79 Å².